The quantitative estimate of drug-likeness (QED) is 0.114. The summed E-state index contributed by atoms with van der Waals surface area (Å²) in [5, 5.41) is 3.02. The molecule has 1 N–H and O–H groups in total. The Bertz CT molecular complexity index is 1980. The third-order valence-electron chi connectivity index (χ3n) is 10.8. The lowest BCUT2D eigenvalue weighted by molar-refractivity contribution is -0.309. The molecule has 0 radical (unpaired) electrons. The van der Waals surface area contributed by atoms with E-state index in [2.05, 4.69) is 5.32 Å². The number of esters is 4. The van der Waals surface area contributed by atoms with Gasteiger partial charge in [0.25, 0.3) is 0 Å². The molecule has 0 saturated carbocycles. The first-order chi connectivity index (χ1) is 29.9. The van der Waals surface area contributed by atoms with Gasteiger partial charge in [0, 0.05) is 13.0 Å². The van der Waals surface area contributed by atoms with Crippen molar-refractivity contribution in [2.75, 3.05) is 13.2 Å². The van der Waals surface area contributed by atoms with Crippen LogP contribution in [0, 0.1) is 0 Å². The van der Waals surface area contributed by atoms with Gasteiger partial charge in [-0.1, -0.05) is 118 Å². The molecule has 4 aromatic carbocycles. The second-order valence-electron chi connectivity index (χ2n) is 15.3. The SMILES string of the molecule is O=C1CCCCCCCCCC[C@H](O[C@@H]2O[C@H](COC(=O)c3ccccc3)[C@@H](OC(=O)c3ccccc3)[C@H](OC(=O)c3ccccc3)[C@H]2OC(=O)c2ccccc2)CCCN1. The van der Waals surface area contributed by atoms with E-state index in [1.165, 1.54) is 0 Å². The van der Waals surface area contributed by atoms with Gasteiger partial charge in [-0.15, -0.1) is 0 Å². The smallest absolute Gasteiger partial charge is 0.338 e. The predicted octanol–water partition coefficient (Wildman–Crippen LogP) is 8.44. The summed E-state index contributed by atoms with van der Waals surface area (Å²) in [7, 11) is 0. The van der Waals surface area contributed by atoms with Gasteiger partial charge in [0.1, 0.15) is 12.7 Å². The van der Waals surface area contributed by atoms with Crippen LogP contribution in [-0.4, -0.2) is 79.7 Å². The number of ether oxygens (including phenoxy) is 6. The van der Waals surface area contributed by atoms with Crippen LogP contribution in [0.1, 0.15) is 118 Å². The van der Waals surface area contributed by atoms with Crippen LogP contribution in [0.5, 0.6) is 0 Å². The van der Waals surface area contributed by atoms with Crippen LogP contribution in [0.15, 0.2) is 121 Å². The topological polar surface area (TPSA) is 153 Å². The molecule has 12 nitrogen and oxygen atoms in total. The molecule has 2 heterocycles. The van der Waals surface area contributed by atoms with Crippen molar-refractivity contribution in [2.45, 2.75) is 114 Å². The fraction of sp³-hybridized carbons (Fsp3) is 0.408. The molecule has 0 bridgehead atoms. The van der Waals surface area contributed by atoms with Crippen molar-refractivity contribution < 1.29 is 52.4 Å². The van der Waals surface area contributed by atoms with Crippen LogP contribution in [0.3, 0.4) is 0 Å². The number of carbonyl (C=O) groups excluding carboxylic acids is 5. The van der Waals surface area contributed by atoms with Crippen molar-refractivity contribution >= 4 is 29.8 Å². The van der Waals surface area contributed by atoms with E-state index in [0.717, 1.165) is 51.4 Å². The van der Waals surface area contributed by atoms with E-state index in [9.17, 15) is 24.0 Å². The highest BCUT2D eigenvalue weighted by molar-refractivity contribution is 5.91. The number of rotatable bonds is 11. The van der Waals surface area contributed by atoms with Crippen molar-refractivity contribution in [1.82, 2.24) is 5.32 Å². The summed E-state index contributed by atoms with van der Waals surface area (Å²) in [5.41, 5.74) is 0.889. The van der Waals surface area contributed by atoms with Crippen molar-refractivity contribution in [3.05, 3.63) is 144 Å². The maximum absolute atomic E-state index is 14.0. The van der Waals surface area contributed by atoms with Gasteiger partial charge in [-0.05, 0) is 74.2 Å². The van der Waals surface area contributed by atoms with Gasteiger partial charge in [0.2, 0.25) is 5.91 Å². The third-order valence-corrected chi connectivity index (χ3v) is 10.8. The van der Waals surface area contributed by atoms with E-state index in [-0.39, 0.29) is 28.2 Å². The minimum atomic E-state index is -1.52. The Morgan fingerprint density at radius 3 is 1.46 bits per heavy atom. The second-order valence-corrected chi connectivity index (χ2v) is 15.3. The molecule has 1 amide bonds. The average Bonchev–Trinajstić information content (AvgIpc) is 3.29. The third kappa shape index (κ3) is 13.8. The maximum Gasteiger partial charge on any atom is 0.338 e. The highest BCUT2D eigenvalue weighted by Gasteiger charge is 2.54. The number of benzene rings is 4. The summed E-state index contributed by atoms with van der Waals surface area (Å²) in [6, 6.07) is 33.2. The Balaban J connectivity index is 1.37. The Morgan fingerprint density at radius 2 is 0.934 bits per heavy atom. The second kappa shape index (κ2) is 23.8. The molecule has 6 rings (SSSR count). The molecular weight excluding hydrogens is 779 g/mol. The first kappa shape index (κ1) is 44.7. The van der Waals surface area contributed by atoms with Crippen LogP contribution in [0.2, 0.25) is 0 Å². The fourth-order valence-corrected chi connectivity index (χ4v) is 7.47. The van der Waals surface area contributed by atoms with Crippen LogP contribution in [0.25, 0.3) is 0 Å². The number of hydrogen-bond donors (Lipinski definition) is 1. The molecule has 12 heteroatoms. The molecule has 4 aromatic rings. The predicted molar refractivity (Wildman–Crippen MR) is 226 cm³/mol. The molecule has 2 aliphatic heterocycles. The van der Waals surface area contributed by atoms with Gasteiger partial charge < -0.3 is 33.7 Å². The monoisotopic (exact) mass is 833 g/mol. The zero-order valence-corrected chi connectivity index (χ0v) is 34.4. The molecule has 2 fully saturated rings. The first-order valence-electron chi connectivity index (χ1n) is 21.4. The van der Waals surface area contributed by atoms with Crippen molar-refractivity contribution in [3.8, 4) is 0 Å². The van der Waals surface area contributed by atoms with E-state index < -0.39 is 67.3 Å². The molecule has 2 saturated heterocycles. The Hall–Kier alpha value is -5.85. The van der Waals surface area contributed by atoms with E-state index in [1.54, 1.807) is 121 Å². The molecule has 0 aliphatic carbocycles. The molecule has 6 atom stereocenters. The van der Waals surface area contributed by atoms with Crippen LogP contribution >= 0.6 is 0 Å². The molecule has 322 valence electrons. The molecular formula is C49H55NO11. The van der Waals surface area contributed by atoms with Crippen LogP contribution in [-0.2, 0) is 33.2 Å². The lowest BCUT2D eigenvalue weighted by atomic mass is 9.97. The number of hydrogen-bond acceptors (Lipinski definition) is 11. The molecule has 0 aromatic heterocycles. The van der Waals surface area contributed by atoms with E-state index in [4.69, 9.17) is 28.4 Å². The Morgan fingerprint density at radius 1 is 0.508 bits per heavy atom. The minimum absolute atomic E-state index is 0.0140. The highest BCUT2D eigenvalue weighted by atomic mass is 16.7. The summed E-state index contributed by atoms with van der Waals surface area (Å²) < 4.78 is 37.9. The minimum Gasteiger partial charge on any atom is -0.459 e. The lowest BCUT2D eigenvalue weighted by Gasteiger charge is -2.45. The van der Waals surface area contributed by atoms with Gasteiger partial charge in [0.15, 0.2) is 24.6 Å². The van der Waals surface area contributed by atoms with E-state index in [1.807, 2.05) is 0 Å². The zero-order chi connectivity index (χ0) is 42.7. The number of carbonyl (C=O) groups is 5. The Kier molecular flexibility index (Phi) is 17.4. The van der Waals surface area contributed by atoms with E-state index >= 15 is 0 Å². The van der Waals surface area contributed by atoms with Gasteiger partial charge in [0.05, 0.1) is 28.4 Å². The summed E-state index contributed by atoms with van der Waals surface area (Å²) in [6.45, 7) is -0.000706. The number of nitrogens with one attached hydrogen (secondary N) is 1. The molecule has 0 unspecified atom stereocenters. The summed E-state index contributed by atoms with van der Waals surface area (Å²) in [6.07, 6.45) is 2.77. The average molecular weight is 834 g/mol. The van der Waals surface area contributed by atoms with Gasteiger partial charge >= 0.3 is 23.9 Å². The largest absolute Gasteiger partial charge is 0.459 e. The highest BCUT2D eigenvalue weighted by Crippen LogP contribution is 2.33. The van der Waals surface area contributed by atoms with Gasteiger partial charge in [-0.2, -0.15) is 0 Å². The Labute approximate surface area is 357 Å². The van der Waals surface area contributed by atoms with Crippen LogP contribution < -0.4 is 5.32 Å². The summed E-state index contributed by atoms with van der Waals surface area (Å²) in [4.78, 5) is 67.7. The molecule has 2 aliphatic rings. The van der Waals surface area contributed by atoms with Crippen LogP contribution in [0.4, 0.5) is 0 Å². The van der Waals surface area contributed by atoms with Crippen molar-refractivity contribution in [2.24, 2.45) is 0 Å². The fourth-order valence-electron chi connectivity index (χ4n) is 7.47. The van der Waals surface area contributed by atoms with Crippen molar-refractivity contribution in [3.63, 3.8) is 0 Å². The number of amides is 1. The van der Waals surface area contributed by atoms with Gasteiger partial charge in [-0.3, -0.25) is 4.79 Å². The van der Waals surface area contributed by atoms with E-state index in [0.29, 0.717) is 32.2 Å². The first-order valence-corrected chi connectivity index (χ1v) is 21.4. The summed E-state index contributed by atoms with van der Waals surface area (Å²) >= 11 is 0. The lowest BCUT2D eigenvalue weighted by Crippen LogP contribution is -2.63. The molecule has 61 heavy (non-hydrogen) atoms. The maximum atomic E-state index is 14.0. The standard InChI is InChI=1S/C49H55NO11/c51-41-32-20-6-4-2-1-3-5-19-30-39(31-21-33-50-41)57-49-44(61-48(55)38-28-17-10-18-29-38)43(60-47(54)37-26-15-9-16-27-37)42(59-46(53)36-24-13-8-14-25-36)40(58-49)34-56-45(52)35-22-11-7-12-23-35/h7-18,22-29,39-40,42-44,49H,1-6,19-21,30-34H2,(H,50,51)/t39-,40+,42+,43-,44+,49+/m0/s1. The van der Waals surface area contributed by atoms with Crippen molar-refractivity contribution in [1.29, 1.82) is 0 Å². The normalized spacial score (nSPS) is 23.0. The zero-order valence-electron chi connectivity index (χ0n) is 34.4. The van der Waals surface area contributed by atoms with Gasteiger partial charge in [-0.25, -0.2) is 19.2 Å². The summed E-state index contributed by atoms with van der Waals surface area (Å²) in [5.74, 6) is -2.97. The molecule has 0 spiro atoms.